The molecule has 2 aromatic carbocycles. The van der Waals surface area contributed by atoms with Gasteiger partial charge in [-0.05, 0) is 49.3 Å². The predicted molar refractivity (Wildman–Crippen MR) is 125 cm³/mol. The Balaban J connectivity index is 1.39. The molecule has 0 saturated carbocycles. The van der Waals surface area contributed by atoms with Crippen LogP contribution in [0.15, 0.2) is 66.9 Å². The zero-order valence-electron chi connectivity index (χ0n) is 17.3. The van der Waals surface area contributed by atoms with E-state index < -0.39 is 0 Å². The second-order valence-corrected chi connectivity index (χ2v) is 7.70. The highest BCUT2D eigenvalue weighted by Crippen LogP contribution is 2.21. The number of thiocarbonyl (C=S) groups is 1. The summed E-state index contributed by atoms with van der Waals surface area (Å²) in [6.45, 7) is 5.15. The number of rotatable bonds is 6. The van der Waals surface area contributed by atoms with Crippen molar-refractivity contribution >= 4 is 28.8 Å². The Morgan fingerprint density at radius 2 is 1.61 bits per heavy atom. The van der Waals surface area contributed by atoms with Crippen molar-refractivity contribution in [1.82, 2.24) is 19.6 Å². The summed E-state index contributed by atoms with van der Waals surface area (Å²) in [7, 11) is 0. The lowest BCUT2D eigenvalue weighted by molar-refractivity contribution is 0.622. The van der Waals surface area contributed by atoms with Crippen LogP contribution in [0.2, 0.25) is 0 Å². The van der Waals surface area contributed by atoms with Crippen LogP contribution in [0.3, 0.4) is 0 Å². The molecule has 0 fully saturated rings. The first-order valence-corrected chi connectivity index (χ1v) is 10.3. The fraction of sp³-hybridized carbons (Fsp3) is 0.174. The largest absolute Gasteiger partial charge is 0.329 e. The molecule has 0 amide bonds. The van der Waals surface area contributed by atoms with Crippen LogP contribution in [-0.4, -0.2) is 24.7 Å². The zero-order valence-corrected chi connectivity index (χ0v) is 18.2. The van der Waals surface area contributed by atoms with Gasteiger partial charge < -0.3 is 10.6 Å². The third-order valence-electron chi connectivity index (χ3n) is 4.94. The maximum absolute atomic E-state index is 13.1. The third kappa shape index (κ3) is 5.16. The second kappa shape index (κ2) is 9.09. The summed E-state index contributed by atoms with van der Waals surface area (Å²) in [4.78, 5) is 0. The van der Waals surface area contributed by atoms with E-state index in [-0.39, 0.29) is 5.82 Å². The Bertz CT molecular complexity index is 1180. The lowest BCUT2D eigenvalue weighted by atomic mass is 10.2. The van der Waals surface area contributed by atoms with Crippen LogP contribution in [-0.2, 0) is 13.1 Å². The van der Waals surface area contributed by atoms with E-state index in [0.717, 1.165) is 22.6 Å². The lowest BCUT2D eigenvalue weighted by Crippen LogP contribution is -2.20. The molecule has 0 radical (unpaired) electrons. The molecule has 4 rings (SSSR count). The van der Waals surface area contributed by atoms with Gasteiger partial charge in [-0.25, -0.2) is 4.39 Å². The number of aryl methyl sites for hydroxylation is 1. The van der Waals surface area contributed by atoms with Gasteiger partial charge in [0.15, 0.2) is 10.9 Å². The molecule has 0 saturated heterocycles. The molecule has 6 nitrogen and oxygen atoms in total. The van der Waals surface area contributed by atoms with Crippen molar-refractivity contribution in [3.05, 3.63) is 95.2 Å². The van der Waals surface area contributed by atoms with Gasteiger partial charge in [0, 0.05) is 12.3 Å². The lowest BCUT2D eigenvalue weighted by Gasteiger charge is -2.10. The van der Waals surface area contributed by atoms with Crippen LogP contribution in [0.5, 0.6) is 0 Å². The number of nitrogens with one attached hydrogen (secondary N) is 2. The molecule has 0 bridgehead atoms. The van der Waals surface area contributed by atoms with Crippen molar-refractivity contribution in [3.8, 4) is 0 Å². The highest BCUT2D eigenvalue weighted by molar-refractivity contribution is 7.80. The summed E-state index contributed by atoms with van der Waals surface area (Å²) < 4.78 is 16.9. The van der Waals surface area contributed by atoms with Crippen molar-refractivity contribution in [3.63, 3.8) is 0 Å². The molecule has 31 heavy (non-hydrogen) atoms. The zero-order chi connectivity index (χ0) is 21.8. The quantitative estimate of drug-likeness (QED) is 0.429. The molecular weight excluding hydrogens is 411 g/mol. The van der Waals surface area contributed by atoms with Gasteiger partial charge in [0.1, 0.15) is 5.82 Å². The molecule has 0 unspecified atom stereocenters. The van der Waals surface area contributed by atoms with Crippen LogP contribution in [0.1, 0.15) is 22.5 Å². The molecule has 158 valence electrons. The van der Waals surface area contributed by atoms with Crippen molar-refractivity contribution < 1.29 is 4.39 Å². The first kappa shape index (κ1) is 20.7. The van der Waals surface area contributed by atoms with Crippen molar-refractivity contribution in [2.75, 3.05) is 10.6 Å². The van der Waals surface area contributed by atoms with E-state index >= 15 is 0 Å². The highest BCUT2D eigenvalue weighted by atomic mass is 32.1. The smallest absolute Gasteiger partial charge is 0.176 e. The number of benzene rings is 2. The number of halogens is 1. The first-order valence-electron chi connectivity index (χ1n) is 9.92. The number of hydrogen-bond acceptors (Lipinski definition) is 3. The van der Waals surface area contributed by atoms with E-state index in [9.17, 15) is 4.39 Å². The van der Waals surface area contributed by atoms with Crippen molar-refractivity contribution in [1.29, 1.82) is 0 Å². The van der Waals surface area contributed by atoms with Crippen LogP contribution < -0.4 is 10.6 Å². The van der Waals surface area contributed by atoms with E-state index in [1.54, 1.807) is 12.1 Å². The molecule has 0 aliphatic carbocycles. The Labute approximate surface area is 185 Å². The Morgan fingerprint density at radius 3 is 2.35 bits per heavy atom. The fourth-order valence-electron chi connectivity index (χ4n) is 3.34. The minimum atomic E-state index is -0.248. The first-order chi connectivity index (χ1) is 15.0. The summed E-state index contributed by atoms with van der Waals surface area (Å²) in [5.41, 5.74) is 4.78. The van der Waals surface area contributed by atoms with Gasteiger partial charge in [0.2, 0.25) is 0 Å². The van der Waals surface area contributed by atoms with E-state index in [4.69, 9.17) is 12.2 Å². The highest BCUT2D eigenvalue weighted by Gasteiger charge is 2.14. The average molecular weight is 435 g/mol. The number of aromatic nitrogens is 4. The number of nitrogens with zero attached hydrogens (tertiary/aromatic N) is 4. The molecular formula is C23H23FN6S. The Morgan fingerprint density at radius 1 is 0.903 bits per heavy atom. The van der Waals surface area contributed by atoms with Crippen LogP contribution in [0.4, 0.5) is 15.9 Å². The molecule has 0 atom stereocenters. The minimum absolute atomic E-state index is 0.248. The molecule has 2 heterocycles. The van der Waals surface area contributed by atoms with Crippen LogP contribution >= 0.6 is 12.2 Å². The van der Waals surface area contributed by atoms with Gasteiger partial charge in [0.25, 0.3) is 0 Å². The van der Waals surface area contributed by atoms with Gasteiger partial charge >= 0.3 is 0 Å². The van der Waals surface area contributed by atoms with Crippen molar-refractivity contribution in [2.45, 2.75) is 26.9 Å². The second-order valence-electron chi connectivity index (χ2n) is 7.29. The molecule has 2 N–H and O–H groups in total. The van der Waals surface area contributed by atoms with Crippen LogP contribution in [0.25, 0.3) is 0 Å². The minimum Gasteiger partial charge on any atom is -0.329 e. The van der Waals surface area contributed by atoms with Crippen molar-refractivity contribution in [2.24, 2.45) is 0 Å². The van der Waals surface area contributed by atoms with Gasteiger partial charge in [-0.2, -0.15) is 10.2 Å². The van der Waals surface area contributed by atoms with Gasteiger partial charge in [-0.1, -0.05) is 42.5 Å². The number of anilines is 2. The summed E-state index contributed by atoms with van der Waals surface area (Å²) in [6, 6.07) is 18.5. The molecule has 2 aromatic heterocycles. The predicted octanol–water partition coefficient (Wildman–Crippen LogP) is 4.74. The molecule has 0 aliphatic heterocycles. The normalized spacial score (nSPS) is 10.8. The monoisotopic (exact) mass is 434 g/mol. The van der Waals surface area contributed by atoms with Gasteiger partial charge in [0.05, 0.1) is 30.2 Å². The van der Waals surface area contributed by atoms with Gasteiger partial charge in [-0.15, -0.1) is 0 Å². The summed E-state index contributed by atoms with van der Waals surface area (Å²) in [5.74, 6) is 0.421. The molecule has 4 aromatic rings. The fourth-order valence-corrected chi connectivity index (χ4v) is 3.55. The maximum atomic E-state index is 13.1. The summed E-state index contributed by atoms with van der Waals surface area (Å²) in [6.07, 6.45) is 1.91. The van der Waals surface area contributed by atoms with Crippen LogP contribution in [0, 0.1) is 19.7 Å². The molecule has 8 heteroatoms. The Hall–Kier alpha value is -3.52. The standard InChI is InChI=1S/C23H23FN6S/c1-16-22(17(2)30(27-16)15-19-8-10-20(24)11-9-19)26-23(31)25-21-12-13-29(28-21)14-18-6-4-3-5-7-18/h3-13H,14-15H2,1-2H3,(H2,25,26,28,31). The number of hydrogen-bond donors (Lipinski definition) is 2. The SMILES string of the molecule is Cc1nn(Cc2ccc(F)cc2)c(C)c1NC(=S)Nc1ccn(Cc2ccccc2)n1. The molecule has 0 aliphatic rings. The summed E-state index contributed by atoms with van der Waals surface area (Å²) in [5, 5.41) is 15.9. The molecule has 0 spiro atoms. The van der Waals surface area contributed by atoms with E-state index in [2.05, 4.69) is 33.0 Å². The third-order valence-corrected chi connectivity index (χ3v) is 5.14. The summed E-state index contributed by atoms with van der Waals surface area (Å²) >= 11 is 5.48. The van der Waals surface area contributed by atoms with E-state index in [1.807, 2.05) is 53.7 Å². The van der Waals surface area contributed by atoms with E-state index in [0.29, 0.717) is 24.0 Å². The topological polar surface area (TPSA) is 59.7 Å². The Kier molecular flexibility index (Phi) is 6.08. The van der Waals surface area contributed by atoms with Gasteiger partial charge in [-0.3, -0.25) is 9.36 Å². The van der Waals surface area contributed by atoms with E-state index in [1.165, 1.54) is 17.7 Å². The average Bonchev–Trinajstić information content (AvgIpc) is 3.29. The maximum Gasteiger partial charge on any atom is 0.176 e.